The van der Waals surface area contributed by atoms with Crippen molar-refractivity contribution in [1.82, 2.24) is 4.98 Å². The molecule has 1 N–H and O–H groups in total. The summed E-state index contributed by atoms with van der Waals surface area (Å²) in [5.41, 5.74) is 0.878. The standard InChI is InChI=1S/C16H18FNO2/c1-2-3-4-9-20-14-10-15(17)16(18-11-14)12-5-7-13(19)8-6-12/h5-8,10-11,19H,2-4,9H2,1H3. The Hall–Kier alpha value is -2.10. The van der Waals surface area contributed by atoms with Gasteiger partial charge in [0.05, 0.1) is 12.8 Å². The van der Waals surface area contributed by atoms with Crippen LogP contribution < -0.4 is 4.74 Å². The second-order valence-electron chi connectivity index (χ2n) is 4.60. The predicted octanol–water partition coefficient (Wildman–Crippen LogP) is 4.16. The number of unbranched alkanes of at least 4 members (excludes halogenated alkanes) is 2. The molecular formula is C16H18FNO2. The Bertz CT molecular complexity index is 555. The number of halogens is 1. The van der Waals surface area contributed by atoms with Crippen LogP contribution in [0, 0.1) is 5.82 Å². The van der Waals surface area contributed by atoms with Crippen LogP contribution in [0.5, 0.6) is 11.5 Å². The summed E-state index contributed by atoms with van der Waals surface area (Å²) in [5.74, 6) is 0.162. The number of pyridine rings is 1. The van der Waals surface area contributed by atoms with E-state index in [1.807, 2.05) is 0 Å². The maximum absolute atomic E-state index is 14.0. The van der Waals surface area contributed by atoms with Crippen molar-refractivity contribution in [2.24, 2.45) is 0 Å². The summed E-state index contributed by atoms with van der Waals surface area (Å²) in [7, 11) is 0. The van der Waals surface area contributed by atoms with Crippen LogP contribution in [-0.4, -0.2) is 16.7 Å². The minimum atomic E-state index is -0.427. The lowest BCUT2D eigenvalue weighted by Gasteiger charge is -2.08. The molecule has 2 rings (SSSR count). The van der Waals surface area contributed by atoms with Gasteiger partial charge in [-0.2, -0.15) is 0 Å². The van der Waals surface area contributed by atoms with Crippen molar-refractivity contribution in [3.63, 3.8) is 0 Å². The normalized spacial score (nSPS) is 10.5. The van der Waals surface area contributed by atoms with Crippen LogP contribution in [0.25, 0.3) is 11.3 Å². The highest BCUT2D eigenvalue weighted by Crippen LogP contribution is 2.25. The van der Waals surface area contributed by atoms with E-state index < -0.39 is 5.82 Å². The largest absolute Gasteiger partial charge is 0.508 e. The van der Waals surface area contributed by atoms with Crippen LogP contribution in [0.1, 0.15) is 26.2 Å². The summed E-state index contributed by atoms with van der Waals surface area (Å²) in [6.45, 7) is 2.70. The van der Waals surface area contributed by atoms with E-state index in [2.05, 4.69) is 11.9 Å². The van der Waals surface area contributed by atoms with Crippen molar-refractivity contribution in [3.05, 3.63) is 42.3 Å². The van der Waals surface area contributed by atoms with Crippen LogP contribution in [0.15, 0.2) is 36.5 Å². The van der Waals surface area contributed by atoms with Crippen molar-refractivity contribution in [2.45, 2.75) is 26.2 Å². The third kappa shape index (κ3) is 3.70. The average molecular weight is 275 g/mol. The van der Waals surface area contributed by atoms with Gasteiger partial charge in [-0.25, -0.2) is 9.37 Å². The van der Waals surface area contributed by atoms with Crippen LogP contribution in [-0.2, 0) is 0 Å². The molecule has 0 aliphatic carbocycles. The summed E-state index contributed by atoms with van der Waals surface area (Å²) in [4.78, 5) is 4.10. The number of hydrogen-bond acceptors (Lipinski definition) is 3. The first-order valence-electron chi connectivity index (χ1n) is 6.78. The number of phenols is 1. The summed E-state index contributed by atoms with van der Waals surface area (Å²) < 4.78 is 19.5. The number of benzene rings is 1. The number of aromatic hydroxyl groups is 1. The van der Waals surface area contributed by atoms with Gasteiger partial charge in [-0.3, -0.25) is 0 Å². The highest BCUT2D eigenvalue weighted by Gasteiger charge is 2.08. The fourth-order valence-electron chi connectivity index (χ4n) is 1.87. The smallest absolute Gasteiger partial charge is 0.153 e. The van der Waals surface area contributed by atoms with Crippen molar-refractivity contribution >= 4 is 0 Å². The van der Waals surface area contributed by atoms with Gasteiger partial charge in [0.2, 0.25) is 0 Å². The topological polar surface area (TPSA) is 42.4 Å². The molecule has 0 amide bonds. The van der Waals surface area contributed by atoms with Crippen molar-refractivity contribution in [3.8, 4) is 22.8 Å². The molecule has 1 heterocycles. The fraction of sp³-hybridized carbons (Fsp3) is 0.312. The number of ether oxygens (including phenoxy) is 1. The zero-order chi connectivity index (χ0) is 14.4. The van der Waals surface area contributed by atoms with Crippen LogP contribution in [0.2, 0.25) is 0 Å². The molecule has 106 valence electrons. The highest BCUT2D eigenvalue weighted by atomic mass is 19.1. The van der Waals surface area contributed by atoms with E-state index in [9.17, 15) is 9.50 Å². The molecule has 2 aromatic rings. The number of nitrogens with zero attached hydrogens (tertiary/aromatic N) is 1. The Labute approximate surface area is 118 Å². The second kappa shape index (κ2) is 6.89. The minimum absolute atomic E-state index is 0.144. The van der Waals surface area contributed by atoms with Crippen LogP contribution in [0.4, 0.5) is 4.39 Å². The maximum Gasteiger partial charge on any atom is 0.153 e. The van der Waals surface area contributed by atoms with Gasteiger partial charge in [-0.15, -0.1) is 0 Å². The SMILES string of the molecule is CCCCCOc1cnc(-c2ccc(O)cc2)c(F)c1. The lowest BCUT2D eigenvalue weighted by Crippen LogP contribution is -1.99. The molecule has 1 aromatic heterocycles. The van der Waals surface area contributed by atoms with Gasteiger partial charge in [0.1, 0.15) is 17.2 Å². The Morgan fingerprint density at radius 1 is 1.20 bits per heavy atom. The second-order valence-corrected chi connectivity index (χ2v) is 4.60. The van der Waals surface area contributed by atoms with Crippen molar-refractivity contribution < 1.29 is 14.2 Å². The summed E-state index contributed by atoms with van der Waals surface area (Å²) in [6.07, 6.45) is 4.70. The predicted molar refractivity (Wildman–Crippen MR) is 76.3 cm³/mol. The Morgan fingerprint density at radius 3 is 2.60 bits per heavy atom. The van der Waals surface area contributed by atoms with Gasteiger partial charge in [-0.1, -0.05) is 19.8 Å². The zero-order valence-electron chi connectivity index (χ0n) is 11.5. The van der Waals surface area contributed by atoms with Crippen molar-refractivity contribution in [2.75, 3.05) is 6.61 Å². The third-order valence-electron chi connectivity index (χ3n) is 2.97. The Morgan fingerprint density at radius 2 is 1.95 bits per heavy atom. The lowest BCUT2D eigenvalue weighted by molar-refractivity contribution is 0.303. The molecule has 20 heavy (non-hydrogen) atoms. The Kier molecular flexibility index (Phi) is 4.93. The van der Waals surface area contributed by atoms with E-state index in [4.69, 9.17) is 4.74 Å². The molecule has 0 spiro atoms. The molecule has 0 radical (unpaired) electrons. The maximum atomic E-state index is 14.0. The minimum Gasteiger partial charge on any atom is -0.508 e. The molecule has 0 saturated heterocycles. The molecule has 0 unspecified atom stereocenters. The molecule has 3 nitrogen and oxygen atoms in total. The third-order valence-corrected chi connectivity index (χ3v) is 2.97. The molecule has 4 heteroatoms. The number of hydrogen-bond donors (Lipinski definition) is 1. The first-order valence-corrected chi connectivity index (χ1v) is 6.78. The molecule has 0 saturated carbocycles. The van der Waals surface area contributed by atoms with Crippen molar-refractivity contribution in [1.29, 1.82) is 0 Å². The van der Waals surface area contributed by atoms with E-state index in [0.717, 1.165) is 19.3 Å². The quantitative estimate of drug-likeness (QED) is 0.805. The average Bonchev–Trinajstić information content (AvgIpc) is 2.45. The van der Waals surface area contributed by atoms with Crippen LogP contribution >= 0.6 is 0 Å². The van der Waals surface area contributed by atoms with Gasteiger partial charge in [-0.05, 0) is 30.7 Å². The zero-order valence-corrected chi connectivity index (χ0v) is 11.5. The number of rotatable bonds is 6. The van der Waals surface area contributed by atoms with E-state index >= 15 is 0 Å². The number of aromatic nitrogens is 1. The highest BCUT2D eigenvalue weighted by molar-refractivity contribution is 5.61. The number of phenolic OH excluding ortho intramolecular Hbond substituents is 1. The van der Waals surface area contributed by atoms with Gasteiger partial charge in [0, 0.05) is 11.6 Å². The van der Waals surface area contributed by atoms with Gasteiger partial charge < -0.3 is 9.84 Å². The summed E-state index contributed by atoms with van der Waals surface area (Å²) in [6, 6.07) is 7.61. The molecule has 0 aliphatic heterocycles. The van der Waals surface area contributed by atoms with Gasteiger partial charge in [0.15, 0.2) is 5.82 Å². The Balaban J connectivity index is 2.07. The molecule has 0 aliphatic rings. The van der Waals surface area contributed by atoms with Crippen LogP contribution in [0.3, 0.4) is 0 Å². The first kappa shape index (κ1) is 14.3. The molecule has 0 bridgehead atoms. The van der Waals surface area contributed by atoms with Gasteiger partial charge >= 0.3 is 0 Å². The first-order chi connectivity index (χ1) is 9.70. The molecule has 0 atom stereocenters. The summed E-state index contributed by atoms with van der Waals surface area (Å²) >= 11 is 0. The fourth-order valence-corrected chi connectivity index (χ4v) is 1.87. The molecule has 1 aromatic carbocycles. The van der Waals surface area contributed by atoms with E-state index in [-0.39, 0.29) is 11.4 Å². The molecular weight excluding hydrogens is 257 g/mol. The van der Waals surface area contributed by atoms with E-state index in [1.165, 1.54) is 24.4 Å². The monoisotopic (exact) mass is 275 g/mol. The summed E-state index contributed by atoms with van der Waals surface area (Å²) in [5, 5.41) is 9.22. The van der Waals surface area contributed by atoms with E-state index in [0.29, 0.717) is 17.9 Å². The lowest BCUT2D eigenvalue weighted by atomic mass is 10.1. The van der Waals surface area contributed by atoms with Gasteiger partial charge in [0.25, 0.3) is 0 Å². The van der Waals surface area contributed by atoms with E-state index in [1.54, 1.807) is 12.1 Å². The molecule has 0 fully saturated rings.